The fraction of sp³-hybridized carbons (Fsp3) is 0.167. The molecule has 0 atom stereocenters. The third-order valence-electron chi connectivity index (χ3n) is 4.62. The average Bonchev–Trinajstić information content (AvgIpc) is 2.78. The number of aryl methyl sites for hydroxylation is 1. The molecule has 0 saturated heterocycles. The largest absolute Gasteiger partial charge is 0.495 e. The highest BCUT2D eigenvalue weighted by molar-refractivity contribution is 6.05. The summed E-state index contributed by atoms with van der Waals surface area (Å²) in [6.45, 7) is 2.24. The molecule has 3 N–H and O–H groups in total. The zero-order valence-corrected chi connectivity index (χ0v) is 17.1. The fourth-order valence-electron chi connectivity index (χ4n) is 3.03. The molecule has 6 nitrogen and oxygen atoms in total. The molecule has 0 unspecified atom stereocenters. The highest BCUT2D eigenvalue weighted by Gasteiger charge is 2.10. The van der Waals surface area contributed by atoms with Crippen molar-refractivity contribution in [1.82, 2.24) is 0 Å². The first kappa shape index (κ1) is 20.9. The van der Waals surface area contributed by atoms with E-state index >= 15 is 0 Å². The van der Waals surface area contributed by atoms with E-state index in [0.29, 0.717) is 22.7 Å². The second kappa shape index (κ2) is 10.1. The number of nitrogens with one attached hydrogen (secondary N) is 3. The van der Waals surface area contributed by atoms with Gasteiger partial charge in [-0.3, -0.25) is 9.59 Å². The first-order chi connectivity index (χ1) is 14.6. The molecular formula is C24H25N3O3. The fourth-order valence-corrected chi connectivity index (χ4v) is 3.03. The summed E-state index contributed by atoms with van der Waals surface area (Å²) in [5.74, 6) is 0.175. The standard InChI is InChI=1S/C24H25N3O3/c1-3-17-8-4-5-9-20(17)25-16-23(28)26-19-14-12-18(13-15-19)24(29)27-21-10-6-7-11-22(21)30-2/h4-15,25H,3,16H2,1-2H3,(H,26,28)(H,27,29). The second-order valence-electron chi connectivity index (χ2n) is 6.64. The van der Waals surface area contributed by atoms with Crippen LogP contribution < -0.4 is 20.7 Å². The van der Waals surface area contributed by atoms with Crippen molar-refractivity contribution in [3.8, 4) is 5.75 Å². The van der Waals surface area contributed by atoms with Crippen LogP contribution in [-0.4, -0.2) is 25.5 Å². The maximum atomic E-state index is 12.5. The first-order valence-corrected chi connectivity index (χ1v) is 9.76. The molecule has 30 heavy (non-hydrogen) atoms. The minimum absolute atomic E-state index is 0.160. The normalized spacial score (nSPS) is 10.2. The van der Waals surface area contributed by atoms with E-state index in [4.69, 9.17) is 4.74 Å². The number of carbonyl (C=O) groups excluding carboxylic acids is 2. The third kappa shape index (κ3) is 5.38. The lowest BCUT2D eigenvalue weighted by Gasteiger charge is -2.12. The van der Waals surface area contributed by atoms with Gasteiger partial charge in [0.15, 0.2) is 0 Å². The predicted octanol–water partition coefficient (Wildman–Crippen LogP) is 4.56. The number of amides is 2. The molecule has 0 heterocycles. The number of carbonyl (C=O) groups is 2. The van der Waals surface area contributed by atoms with Crippen molar-refractivity contribution in [2.75, 3.05) is 29.6 Å². The van der Waals surface area contributed by atoms with Crippen LogP contribution in [0.1, 0.15) is 22.8 Å². The third-order valence-corrected chi connectivity index (χ3v) is 4.62. The number of benzene rings is 3. The summed E-state index contributed by atoms with van der Waals surface area (Å²) >= 11 is 0. The van der Waals surface area contributed by atoms with Crippen LogP contribution in [-0.2, 0) is 11.2 Å². The highest BCUT2D eigenvalue weighted by atomic mass is 16.5. The Morgan fingerprint density at radius 2 is 1.50 bits per heavy atom. The quantitative estimate of drug-likeness (QED) is 0.515. The van der Waals surface area contributed by atoms with E-state index in [2.05, 4.69) is 22.9 Å². The molecule has 0 bridgehead atoms. The molecule has 0 aliphatic carbocycles. The minimum Gasteiger partial charge on any atom is -0.495 e. The Hall–Kier alpha value is -3.80. The van der Waals surface area contributed by atoms with Gasteiger partial charge in [0.1, 0.15) is 5.75 Å². The molecule has 0 aliphatic heterocycles. The van der Waals surface area contributed by atoms with Gasteiger partial charge in [-0.2, -0.15) is 0 Å². The van der Waals surface area contributed by atoms with Gasteiger partial charge in [-0.15, -0.1) is 0 Å². The van der Waals surface area contributed by atoms with E-state index in [1.54, 1.807) is 43.5 Å². The van der Waals surface area contributed by atoms with Gasteiger partial charge in [0.2, 0.25) is 5.91 Å². The molecule has 2 amide bonds. The Labute approximate surface area is 176 Å². The molecule has 3 rings (SSSR count). The number of para-hydroxylation sites is 3. The first-order valence-electron chi connectivity index (χ1n) is 9.76. The van der Waals surface area contributed by atoms with Crippen LogP contribution in [0.3, 0.4) is 0 Å². The van der Waals surface area contributed by atoms with E-state index in [1.807, 2.05) is 36.4 Å². The highest BCUT2D eigenvalue weighted by Crippen LogP contribution is 2.24. The topological polar surface area (TPSA) is 79.5 Å². The molecule has 3 aromatic rings. The summed E-state index contributed by atoms with van der Waals surface area (Å²) < 4.78 is 5.25. The lowest BCUT2D eigenvalue weighted by molar-refractivity contribution is -0.114. The van der Waals surface area contributed by atoms with Crippen LogP contribution in [0.15, 0.2) is 72.8 Å². The Morgan fingerprint density at radius 1 is 0.833 bits per heavy atom. The van der Waals surface area contributed by atoms with Gasteiger partial charge in [0, 0.05) is 16.9 Å². The Balaban J connectivity index is 1.56. The number of anilines is 3. The zero-order valence-electron chi connectivity index (χ0n) is 17.1. The molecule has 0 spiro atoms. The van der Waals surface area contributed by atoms with Crippen molar-refractivity contribution in [2.45, 2.75) is 13.3 Å². The molecular weight excluding hydrogens is 378 g/mol. The van der Waals surface area contributed by atoms with Crippen LogP contribution in [0.5, 0.6) is 5.75 Å². The lowest BCUT2D eigenvalue weighted by atomic mass is 10.1. The molecule has 0 aromatic heterocycles. The van der Waals surface area contributed by atoms with E-state index in [9.17, 15) is 9.59 Å². The van der Waals surface area contributed by atoms with Crippen LogP contribution in [0.25, 0.3) is 0 Å². The summed E-state index contributed by atoms with van der Waals surface area (Å²) in [6.07, 6.45) is 0.892. The average molecular weight is 403 g/mol. The SMILES string of the molecule is CCc1ccccc1NCC(=O)Nc1ccc(C(=O)Nc2ccccc2OC)cc1. The van der Waals surface area contributed by atoms with Crippen molar-refractivity contribution >= 4 is 28.9 Å². The predicted molar refractivity (Wildman–Crippen MR) is 120 cm³/mol. The summed E-state index contributed by atoms with van der Waals surface area (Å²) in [7, 11) is 1.55. The number of rotatable bonds is 8. The number of hydrogen-bond acceptors (Lipinski definition) is 4. The van der Waals surface area contributed by atoms with Crippen LogP contribution in [0, 0.1) is 0 Å². The molecule has 3 aromatic carbocycles. The van der Waals surface area contributed by atoms with Crippen molar-refractivity contribution in [3.05, 3.63) is 83.9 Å². The maximum Gasteiger partial charge on any atom is 0.255 e. The van der Waals surface area contributed by atoms with Crippen molar-refractivity contribution < 1.29 is 14.3 Å². The zero-order chi connectivity index (χ0) is 21.3. The molecule has 0 aliphatic rings. The van der Waals surface area contributed by atoms with Gasteiger partial charge in [0.25, 0.3) is 5.91 Å². The number of methoxy groups -OCH3 is 1. The summed E-state index contributed by atoms with van der Waals surface area (Å²) in [5, 5.41) is 8.82. The van der Waals surface area contributed by atoms with Crippen molar-refractivity contribution in [1.29, 1.82) is 0 Å². The van der Waals surface area contributed by atoms with Crippen molar-refractivity contribution in [3.63, 3.8) is 0 Å². The van der Waals surface area contributed by atoms with Crippen molar-refractivity contribution in [2.24, 2.45) is 0 Å². The monoisotopic (exact) mass is 403 g/mol. The van der Waals surface area contributed by atoms with Gasteiger partial charge >= 0.3 is 0 Å². The van der Waals surface area contributed by atoms with Crippen LogP contribution in [0.4, 0.5) is 17.1 Å². The van der Waals surface area contributed by atoms with Gasteiger partial charge < -0.3 is 20.7 Å². The summed E-state index contributed by atoms with van der Waals surface area (Å²) in [4.78, 5) is 24.7. The molecule has 0 saturated carbocycles. The van der Waals surface area contributed by atoms with E-state index in [0.717, 1.165) is 17.7 Å². The molecule has 154 valence electrons. The number of ether oxygens (including phenoxy) is 1. The Kier molecular flexibility index (Phi) is 7.05. The van der Waals surface area contributed by atoms with Gasteiger partial charge in [-0.05, 0) is 54.4 Å². The van der Waals surface area contributed by atoms with Gasteiger partial charge in [-0.1, -0.05) is 37.3 Å². The van der Waals surface area contributed by atoms with Crippen LogP contribution >= 0.6 is 0 Å². The summed E-state index contributed by atoms with van der Waals surface area (Å²) in [5.41, 5.74) is 3.82. The van der Waals surface area contributed by atoms with E-state index in [-0.39, 0.29) is 18.4 Å². The maximum absolute atomic E-state index is 12.5. The smallest absolute Gasteiger partial charge is 0.255 e. The lowest BCUT2D eigenvalue weighted by Crippen LogP contribution is -2.22. The number of hydrogen-bond donors (Lipinski definition) is 3. The Bertz CT molecular complexity index is 1020. The molecule has 0 fully saturated rings. The summed E-state index contributed by atoms with van der Waals surface area (Å²) in [6, 6.07) is 21.9. The minimum atomic E-state index is -0.254. The molecule has 0 radical (unpaired) electrons. The Morgan fingerprint density at radius 3 is 2.20 bits per heavy atom. The van der Waals surface area contributed by atoms with E-state index in [1.165, 1.54) is 0 Å². The van der Waals surface area contributed by atoms with Gasteiger partial charge in [-0.25, -0.2) is 0 Å². The molecule has 6 heteroatoms. The van der Waals surface area contributed by atoms with E-state index < -0.39 is 0 Å². The second-order valence-corrected chi connectivity index (χ2v) is 6.64. The van der Waals surface area contributed by atoms with Crippen LogP contribution in [0.2, 0.25) is 0 Å². The van der Waals surface area contributed by atoms with Gasteiger partial charge in [0.05, 0.1) is 19.3 Å².